The lowest BCUT2D eigenvalue weighted by atomic mass is 9.94. The number of hydrogen-bond acceptors (Lipinski definition) is 3. The maximum atomic E-state index is 12.2. The van der Waals surface area contributed by atoms with Gasteiger partial charge in [-0.15, -0.1) is 0 Å². The van der Waals surface area contributed by atoms with Crippen LogP contribution in [0, 0.1) is 0 Å². The molecule has 5 nitrogen and oxygen atoms in total. The summed E-state index contributed by atoms with van der Waals surface area (Å²) in [5.74, 6) is 0.849. The summed E-state index contributed by atoms with van der Waals surface area (Å²) >= 11 is 0. The molecule has 0 saturated heterocycles. The molecular weight excluding hydrogens is 362 g/mol. The first-order valence-corrected chi connectivity index (χ1v) is 10.1. The zero-order chi connectivity index (χ0) is 20.4. The Balaban J connectivity index is 1.54. The summed E-state index contributed by atoms with van der Waals surface area (Å²) in [7, 11) is 1.68. The molecule has 5 heteroatoms. The van der Waals surface area contributed by atoms with Crippen LogP contribution in [0.1, 0.15) is 31.5 Å². The highest BCUT2D eigenvalue weighted by molar-refractivity contribution is 5.86. The van der Waals surface area contributed by atoms with Gasteiger partial charge in [-0.1, -0.05) is 24.3 Å². The molecule has 2 aromatic rings. The molecule has 1 aromatic carbocycles. The Morgan fingerprint density at radius 3 is 2.62 bits per heavy atom. The van der Waals surface area contributed by atoms with Crippen LogP contribution in [0.2, 0.25) is 0 Å². The number of pyridine rings is 1. The van der Waals surface area contributed by atoms with Gasteiger partial charge in [0.25, 0.3) is 0 Å². The lowest BCUT2D eigenvalue weighted by Crippen LogP contribution is -2.44. The van der Waals surface area contributed by atoms with Crippen LogP contribution >= 0.6 is 0 Å². The fourth-order valence-electron chi connectivity index (χ4n) is 3.88. The highest BCUT2D eigenvalue weighted by atomic mass is 16.5. The Hall–Kier alpha value is -3.08. The lowest BCUT2D eigenvalue weighted by molar-refractivity contribution is 0.199. The van der Waals surface area contributed by atoms with E-state index in [1.165, 1.54) is 16.7 Å². The summed E-state index contributed by atoms with van der Waals surface area (Å²) in [6, 6.07) is 10.5. The van der Waals surface area contributed by atoms with E-state index in [0.29, 0.717) is 6.54 Å². The van der Waals surface area contributed by atoms with E-state index in [0.717, 1.165) is 42.0 Å². The van der Waals surface area contributed by atoms with Crippen LogP contribution in [0.5, 0.6) is 5.75 Å². The molecule has 0 unspecified atom stereocenters. The van der Waals surface area contributed by atoms with E-state index in [1.54, 1.807) is 7.11 Å². The van der Waals surface area contributed by atoms with Gasteiger partial charge in [0.15, 0.2) is 0 Å². The fourth-order valence-corrected chi connectivity index (χ4v) is 3.88. The van der Waals surface area contributed by atoms with Crippen molar-refractivity contribution in [2.75, 3.05) is 20.2 Å². The predicted octanol–water partition coefficient (Wildman–Crippen LogP) is 4.45. The van der Waals surface area contributed by atoms with Gasteiger partial charge in [-0.2, -0.15) is 0 Å². The number of hydrogen-bond donors (Lipinski definition) is 1. The number of carbonyl (C=O) groups excluding carboxylic acids is 1. The number of amides is 2. The molecule has 0 atom stereocenters. The number of urea groups is 1. The van der Waals surface area contributed by atoms with Crippen LogP contribution in [0.25, 0.3) is 16.7 Å². The molecule has 150 valence electrons. The van der Waals surface area contributed by atoms with Crippen molar-refractivity contribution in [1.29, 1.82) is 0 Å². The van der Waals surface area contributed by atoms with E-state index in [9.17, 15) is 4.79 Å². The molecule has 1 aliphatic carbocycles. The van der Waals surface area contributed by atoms with Crippen molar-refractivity contribution in [1.82, 2.24) is 15.2 Å². The van der Waals surface area contributed by atoms with Crippen LogP contribution in [-0.2, 0) is 6.42 Å². The van der Waals surface area contributed by atoms with E-state index < -0.39 is 0 Å². The maximum Gasteiger partial charge on any atom is 0.317 e. The minimum absolute atomic E-state index is 0.0135. The SMILES string of the molecule is COc1ccc(-c2cnc3c(c2)C(C2=CCN(C(=O)NC(C)C)CC2)=CC3)cc1. The smallest absolute Gasteiger partial charge is 0.317 e. The van der Waals surface area contributed by atoms with E-state index in [-0.39, 0.29) is 12.1 Å². The molecule has 0 spiro atoms. The van der Waals surface area contributed by atoms with Crippen LogP contribution in [0.4, 0.5) is 4.79 Å². The second kappa shape index (κ2) is 8.11. The number of rotatable bonds is 4. The standard InChI is InChI=1S/C24H27N3O2/c1-16(2)26-24(28)27-12-10-18(11-13-27)21-8-9-23-22(21)14-19(15-25-23)17-4-6-20(29-3)7-5-17/h4-8,10,14-16H,9,11-13H2,1-3H3,(H,26,28). The summed E-state index contributed by atoms with van der Waals surface area (Å²) in [5.41, 5.74) is 7.15. The average molecular weight is 389 g/mol. The Labute approximate surface area is 172 Å². The molecule has 0 radical (unpaired) electrons. The first kappa shape index (κ1) is 19.2. The number of nitrogens with one attached hydrogen (secondary N) is 1. The van der Waals surface area contributed by atoms with Crippen molar-refractivity contribution >= 4 is 11.6 Å². The topological polar surface area (TPSA) is 54.5 Å². The van der Waals surface area contributed by atoms with Gasteiger partial charge in [-0.25, -0.2) is 4.79 Å². The summed E-state index contributed by atoms with van der Waals surface area (Å²) in [6.07, 6.45) is 8.13. The number of carbonyl (C=O) groups is 1. The van der Waals surface area contributed by atoms with Crippen molar-refractivity contribution in [3.63, 3.8) is 0 Å². The molecule has 1 N–H and O–H groups in total. The van der Waals surface area contributed by atoms with Gasteiger partial charge in [-0.3, -0.25) is 4.98 Å². The molecule has 29 heavy (non-hydrogen) atoms. The molecule has 1 aromatic heterocycles. The van der Waals surface area contributed by atoms with E-state index in [2.05, 4.69) is 35.7 Å². The third kappa shape index (κ3) is 4.04. The van der Waals surface area contributed by atoms with E-state index in [4.69, 9.17) is 9.72 Å². The van der Waals surface area contributed by atoms with Gasteiger partial charge in [0.1, 0.15) is 5.75 Å². The number of methoxy groups -OCH3 is 1. The summed E-state index contributed by atoms with van der Waals surface area (Å²) in [5, 5.41) is 2.97. The number of nitrogens with zero attached hydrogens (tertiary/aromatic N) is 2. The van der Waals surface area contributed by atoms with Crippen LogP contribution in [0.3, 0.4) is 0 Å². The highest BCUT2D eigenvalue weighted by Crippen LogP contribution is 2.36. The Kier molecular flexibility index (Phi) is 5.38. The fraction of sp³-hybridized carbons (Fsp3) is 0.333. The largest absolute Gasteiger partial charge is 0.497 e. The Morgan fingerprint density at radius 1 is 1.17 bits per heavy atom. The van der Waals surface area contributed by atoms with Crippen molar-refractivity contribution in [2.24, 2.45) is 0 Å². The Morgan fingerprint density at radius 2 is 1.97 bits per heavy atom. The number of fused-ring (bicyclic) bond motifs is 1. The van der Waals surface area contributed by atoms with Gasteiger partial charge in [0, 0.05) is 42.9 Å². The quantitative estimate of drug-likeness (QED) is 0.841. The zero-order valence-corrected chi connectivity index (χ0v) is 17.2. The number of aromatic nitrogens is 1. The first-order chi connectivity index (χ1) is 14.0. The van der Waals surface area contributed by atoms with Crippen LogP contribution < -0.4 is 10.1 Å². The van der Waals surface area contributed by atoms with Crippen molar-refractivity contribution in [2.45, 2.75) is 32.7 Å². The van der Waals surface area contributed by atoms with Crippen molar-refractivity contribution in [3.05, 3.63) is 65.5 Å². The van der Waals surface area contributed by atoms with Gasteiger partial charge >= 0.3 is 6.03 Å². The molecule has 0 saturated carbocycles. The molecular formula is C24H27N3O2. The maximum absolute atomic E-state index is 12.2. The molecule has 0 fully saturated rings. The van der Waals surface area contributed by atoms with Crippen LogP contribution in [0.15, 0.2) is 54.3 Å². The summed E-state index contributed by atoms with van der Waals surface area (Å²) in [4.78, 5) is 18.8. The third-order valence-corrected chi connectivity index (χ3v) is 5.44. The van der Waals surface area contributed by atoms with E-state index >= 15 is 0 Å². The van der Waals surface area contributed by atoms with Crippen LogP contribution in [-0.4, -0.2) is 42.2 Å². The molecule has 2 heterocycles. The second-order valence-corrected chi connectivity index (χ2v) is 7.80. The number of ether oxygens (including phenoxy) is 1. The minimum Gasteiger partial charge on any atom is -0.497 e. The Bertz CT molecular complexity index is 974. The normalized spacial score (nSPS) is 15.7. The van der Waals surface area contributed by atoms with Gasteiger partial charge in [0.2, 0.25) is 0 Å². The van der Waals surface area contributed by atoms with Gasteiger partial charge in [-0.05, 0) is 55.2 Å². The average Bonchev–Trinajstić information content (AvgIpc) is 3.16. The van der Waals surface area contributed by atoms with Gasteiger partial charge in [0.05, 0.1) is 12.8 Å². The number of allylic oxidation sites excluding steroid dienone is 2. The van der Waals surface area contributed by atoms with Gasteiger partial charge < -0.3 is 15.0 Å². The molecule has 2 amide bonds. The lowest BCUT2D eigenvalue weighted by Gasteiger charge is -2.28. The molecule has 2 aliphatic rings. The highest BCUT2D eigenvalue weighted by Gasteiger charge is 2.24. The molecule has 4 rings (SSSR count). The minimum atomic E-state index is 0.0135. The zero-order valence-electron chi connectivity index (χ0n) is 17.2. The predicted molar refractivity (Wildman–Crippen MR) is 116 cm³/mol. The van der Waals surface area contributed by atoms with Crippen molar-refractivity contribution < 1.29 is 9.53 Å². The number of benzene rings is 1. The summed E-state index contributed by atoms with van der Waals surface area (Å²) in [6.45, 7) is 5.35. The second-order valence-electron chi connectivity index (χ2n) is 7.80. The molecule has 1 aliphatic heterocycles. The third-order valence-electron chi connectivity index (χ3n) is 5.44. The molecule has 0 bridgehead atoms. The summed E-state index contributed by atoms with van der Waals surface area (Å²) < 4.78 is 5.26. The van der Waals surface area contributed by atoms with Crippen molar-refractivity contribution in [3.8, 4) is 16.9 Å². The van der Waals surface area contributed by atoms with E-state index in [1.807, 2.05) is 37.1 Å². The first-order valence-electron chi connectivity index (χ1n) is 10.1. The monoisotopic (exact) mass is 389 g/mol.